The molecule has 0 aliphatic carbocycles. The second-order valence-electron chi connectivity index (χ2n) is 4.01. The minimum Gasteiger partial charge on any atom is -0.402 e. The summed E-state index contributed by atoms with van der Waals surface area (Å²) in [4.78, 5) is 2.59. The van der Waals surface area contributed by atoms with Gasteiger partial charge >= 0.3 is 0 Å². The van der Waals surface area contributed by atoms with Gasteiger partial charge in [0.2, 0.25) is 0 Å². The van der Waals surface area contributed by atoms with Crippen LogP contribution >= 0.6 is 0 Å². The number of hydrogen-bond acceptors (Lipinski definition) is 2. The molecule has 2 rings (SSSR count). The van der Waals surface area contributed by atoms with Crippen molar-refractivity contribution in [2.45, 2.75) is 38.6 Å². The molecule has 1 saturated heterocycles. The molecular weight excluding hydrogens is 148 g/mol. The van der Waals surface area contributed by atoms with Crippen molar-refractivity contribution < 1.29 is 0 Å². The lowest BCUT2D eigenvalue weighted by Gasteiger charge is -2.40. The van der Waals surface area contributed by atoms with E-state index in [-0.39, 0.29) is 0 Å². The van der Waals surface area contributed by atoms with Crippen molar-refractivity contribution in [2.24, 2.45) is 5.73 Å². The van der Waals surface area contributed by atoms with Crippen LogP contribution in [0.2, 0.25) is 0 Å². The summed E-state index contributed by atoms with van der Waals surface area (Å²) >= 11 is 0. The maximum absolute atomic E-state index is 5.94. The third-order valence-corrected chi connectivity index (χ3v) is 3.29. The van der Waals surface area contributed by atoms with E-state index in [1.807, 2.05) is 0 Å². The fraction of sp³-hybridized carbons (Fsp3) is 0.800. The van der Waals surface area contributed by atoms with Crippen LogP contribution in [-0.2, 0) is 0 Å². The number of rotatable bonds is 0. The first-order valence-corrected chi connectivity index (χ1v) is 4.98. The van der Waals surface area contributed by atoms with Crippen LogP contribution in [0.25, 0.3) is 0 Å². The Hall–Kier alpha value is -0.500. The third-order valence-electron chi connectivity index (χ3n) is 3.29. The lowest BCUT2D eigenvalue weighted by molar-refractivity contribution is 0.161. The Kier molecular flexibility index (Phi) is 2.09. The monoisotopic (exact) mass is 166 g/mol. The molecule has 2 heterocycles. The van der Waals surface area contributed by atoms with E-state index in [1.54, 1.807) is 0 Å². The van der Waals surface area contributed by atoms with Crippen LogP contribution in [0.4, 0.5) is 0 Å². The molecule has 0 bridgehead atoms. The summed E-state index contributed by atoms with van der Waals surface area (Å²) in [7, 11) is 0. The first kappa shape index (κ1) is 8.11. The van der Waals surface area contributed by atoms with E-state index in [2.05, 4.69) is 11.8 Å². The number of nitrogens with zero attached hydrogens (tertiary/aromatic N) is 1. The van der Waals surface area contributed by atoms with Crippen LogP contribution in [0, 0.1) is 0 Å². The van der Waals surface area contributed by atoms with E-state index in [0.29, 0.717) is 6.04 Å². The van der Waals surface area contributed by atoms with Gasteiger partial charge in [-0.25, -0.2) is 0 Å². The normalized spacial score (nSPS) is 31.9. The molecule has 2 nitrogen and oxygen atoms in total. The van der Waals surface area contributed by atoms with Gasteiger partial charge in [0, 0.05) is 18.3 Å². The Morgan fingerprint density at radius 3 is 3.00 bits per heavy atom. The van der Waals surface area contributed by atoms with Gasteiger partial charge in [0.15, 0.2) is 0 Å². The van der Waals surface area contributed by atoms with E-state index in [1.165, 1.54) is 37.9 Å². The van der Waals surface area contributed by atoms with Crippen molar-refractivity contribution in [3.8, 4) is 0 Å². The van der Waals surface area contributed by atoms with Crippen molar-refractivity contribution in [1.29, 1.82) is 0 Å². The van der Waals surface area contributed by atoms with Gasteiger partial charge in [-0.05, 0) is 38.3 Å². The summed E-state index contributed by atoms with van der Waals surface area (Å²) in [5.74, 6) is 0. The first-order valence-electron chi connectivity index (χ1n) is 4.98. The van der Waals surface area contributed by atoms with Gasteiger partial charge in [-0.2, -0.15) is 0 Å². The van der Waals surface area contributed by atoms with Gasteiger partial charge in [-0.3, -0.25) is 4.90 Å². The standard InChI is InChI=1S/C10H18N2/c1-8-9(11)5-7-12-6-3-2-4-10(8)12/h10H,2-7,11H2,1H3. The molecule has 2 heteroatoms. The van der Waals surface area contributed by atoms with E-state index in [9.17, 15) is 0 Å². The van der Waals surface area contributed by atoms with Crippen LogP contribution in [0.5, 0.6) is 0 Å². The van der Waals surface area contributed by atoms with Crippen molar-refractivity contribution in [2.75, 3.05) is 13.1 Å². The second-order valence-corrected chi connectivity index (χ2v) is 4.01. The average Bonchev–Trinajstić information content (AvgIpc) is 2.12. The number of hydrogen-bond donors (Lipinski definition) is 1. The summed E-state index contributed by atoms with van der Waals surface area (Å²) in [6, 6.07) is 0.688. The number of nitrogens with two attached hydrogens (primary N) is 1. The highest BCUT2D eigenvalue weighted by Crippen LogP contribution is 2.28. The zero-order chi connectivity index (χ0) is 8.55. The van der Waals surface area contributed by atoms with Gasteiger partial charge in [-0.15, -0.1) is 0 Å². The fourth-order valence-corrected chi connectivity index (χ4v) is 2.42. The molecule has 0 amide bonds. The molecule has 68 valence electrons. The van der Waals surface area contributed by atoms with Crippen LogP contribution < -0.4 is 5.73 Å². The fourth-order valence-electron chi connectivity index (χ4n) is 2.42. The summed E-state index contributed by atoms with van der Waals surface area (Å²) in [6.07, 6.45) is 5.17. The highest BCUT2D eigenvalue weighted by atomic mass is 15.2. The molecule has 1 unspecified atom stereocenters. The zero-order valence-corrected chi connectivity index (χ0v) is 7.84. The van der Waals surface area contributed by atoms with E-state index in [4.69, 9.17) is 5.73 Å². The molecule has 1 atom stereocenters. The summed E-state index contributed by atoms with van der Waals surface area (Å²) < 4.78 is 0. The average molecular weight is 166 g/mol. The molecular formula is C10H18N2. The number of piperidine rings is 1. The van der Waals surface area contributed by atoms with Crippen LogP contribution in [0.3, 0.4) is 0 Å². The summed E-state index contributed by atoms with van der Waals surface area (Å²) in [6.45, 7) is 4.68. The summed E-state index contributed by atoms with van der Waals surface area (Å²) in [5, 5.41) is 0. The molecule has 0 aromatic rings. The molecule has 2 N–H and O–H groups in total. The largest absolute Gasteiger partial charge is 0.402 e. The van der Waals surface area contributed by atoms with Crippen LogP contribution in [-0.4, -0.2) is 24.0 Å². The van der Waals surface area contributed by atoms with E-state index < -0.39 is 0 Å². The molecule has 2 aliphatic rings. The van der Waals surface area contributed by atoms with Gasteiger partial charge in [0.1, 0.15) is 0 Å². The number of fused-ring (bicyclic) bond motifs is 1. The van der Waals surface area contributed by atoms with Gasteiger partial charge in [0.05, 0.1) is 0 Å². The maximum Gasteiger partial charge on any atom is 0.0324 e. The van der Waals surface area contributed by atoms with Crippen molar-refractivity contribution in [3.05, 3.63) is 11.3 Å². The third kappa shape index (κ3) is 1.24. The Labute approximate surface area is 74.4 Å². The highest BCUT2D eigenvalue weighted by Gasteiger charge is 2.27. The van der Waals surface area contributed by atoms with Crippen molar-refractivity contribution in [1.82, 2.24) is 4.90 Å². The maximum atomic E-state index is 5.94. The lowest BCUT2D eigenvalue weighted by atomic mass is 9.91. The molecule has 0 aromatic heterocycles. The van der Waals surface area contributed by atoms with Crippen LogP contribution in [0.1, 0.15) is 32.6 Å². The smallest absolute Gasteiger partial charge is 0.0324 e. The quantitative estimate of drug-likeness (QED) is 0.590. The van der Waals surface area contributed by atoms with Gasteiger partial charge in [0.25, 0.3) is 0 Å². The molecule has 0 radical (unpaired) electrons. The van der Waals surface area contributed by atoms with E-state index in [0.717, 1.165) is 12.1 Å². The minimum atomic E-state index is 0.688. The highest BCUT2D eigenvalue weighted by molar-refractivity contribution is 5.19. The summed E-state index contributed by atoms with van der Waals surface area (Å²) in [5.41, 5.74) is 8.53. The Balaban J connectivity index is 2.17. The molecule has 0 aromatic carbocycles. The molecule has 0 spiro atoms. The van der Waals surface area contributed by atoms with Crippen LogP contribution in [0.15, 0.2) is 11.3 Å². The minimum absolute atomic E-state index is 0.688. The van der Waals surface area contributed by atoms with Crippen molar-refractivity contribution >= 4 is 0 Å². The zero-order valence-electron chi connectivity index (χ0n) is 7.84. The SMILES string of the molecule is CC1=C(N)CCN2CCCCC12. The molecule has 12 heavy (non-hydrogen) atoms. The predicted octanol–water partition coefficient (Wildman–Crippen LogP) is 1.48. The second kappa shape index (κ2) is 3.09. The van der Waals surface area contributed by atoms with Gasteiger partial charge in [-0.1, -0.05) is 6.42 Å². The van der Waals surface area contributed by atoms with Gasteiger partial charge < -0.3 is 5.73 Å². The lowest BCUT2D eigenvalue weighted by Crippen LogP contribution is -2.44. The molecule has 0 saturated carbocycles. The molecule has 1 fully saturated rings. The van der Waals surface area contributed by atoms with Crippen molar-refractivity contribution in [3.63, 3.8) is 0 Å². The Bertz CT molecular complexity index is 208. The topological polar surface area (TPSA) is 29.3 Å². The van der Waals surface area contributed by atoms with E-state index >= 15 is 0 Å². The first-order chi connectivity index (χ1) is 5.79. The Morgan fingerprint density at radius 2 is 2.17 bits per heavy atom. The Morgan fingerprint density at radius 1 is 1.33 bits per heavy atom. The molecule has 2 aliphatic heterocycles. The predicted molar refractivity (Wildman–Crippen MR) is 50.7 cm³/mol.